The predicted molar refractivity (Wildman–Crippen MR) is 72.7 cm³/mol. The molecule has 0 bridgehead atoms. The normalized spacial score (nSPS) is 10.9. The number of nitro groups is 2. The molecule has 10 nitrogen and oxygen atoms in total. The number of hydrogen-bond donors (Lipinski definition) is 0. The lowest BCUT2D eigenvalue weighted by Crippen LogP contribution is -2.39. The summed E-state index contributed by atoms with van der Waals surface area (Å²) in [4.78, 5) is 19.9. The fourth-order valence-corrected chi connectivity index (χ4v) is 2.24. The molecule has 10 heteroatoms. The van der Waals surface area contributed by atoms with Crippen LogP contribution < -0.4 is 9.46 Å². The molecule has 1 aromatic heterocycles. The molecule has 1 heterocycles. The maximum Gasteiger partial charge on any atom is 0.353 e. The van der Waals surface area contributed by atoms with Crippen molar-refractivity contribution in [2.24, 2.45) is 0 Å². The topological polar surface area (TPSA) is 140 Å². The molecule has 0 aliphatic carbocycles. The van der Waals surface area contributed by atoms with Gasteiger partial charge in [-0.05, 0) is 0 Å². The second kappa shape index (κ2) is 4.48. The molecule has 22 heavy (non-hydrogen) atoms. The summed E-state index contributed by atoms with van der Waals surface area (Å²) in [6.07, 6.45) is 0. The van der Waals surface area contributed by atoms with E-state index in [9.17, 15) is 30.6 Å². The van der Waals surface area contributed by atoms with Crippen molar-refractivity contribution >= 4 is 33.4 Å². The van der Waals surface area contributed by atoms with Gasteiger partial charge in [-0.25, -0.2) is 0 Å². The van der Waals surface area contributed by atoms with E-state index >= 15 is 0 Å². The third-order valence-electron chi connectivity index (χ3n) is 3.22. The second-order valence-electron chi connectivity index (χ2n) is 4.42. The van der Waals surface area contributed by atoms with Gasteiger partial charge in [0, 0.05) is 12.1 Å². The van der Waals surface area contributed by atoms with Crippen LogP contribution in [-0.2, 0) is 0 Å². The van der Waals surface area contributed by atoms with E-state index in [4.69, 9.17) is 0 Å². The van der Waals surface area contributed by atoms with Crippen molar-refractivity contribution in [3.8, 4) is 0 Å². The van der Waals surface area contributed by atoms with E-state index < -0.39 is 21.2 Å². The third kappa shape index (κ3) is 1.74. The molecule has 3 rings (SSSR count). The first-order chi connectivity index (χ1) is 10.4. The highest BCUT2D eigenvalue weighted by Gasteiger charge is 2.32. The van der Waals surface area contributed by atoms with Crippen molar-refractivity contribution < 1.29 is 19.3 Å². The summed E-state index contributed by atoms with van der Waals surface area (Å²) in [5.74, 6) is 0. The number of para-hydroxylation sites is 2. The SMILES string of the molecule is O=[N+]([O-])c1cc2c(cc1[N+](=O)[O-])[n+]([O-])c1ccccc1[n+]2[O-]. The lowest BCUT2D eigenvalue weighted by molar-refractivity contribution is -0.591. The first kappa shape index (κ1) is 13.4. The lowest BCUT2D eigenvalue weighted by atomic mass is 10.2. The molecule has 2 aromatic carbocycles. The number of rotatable bonds is 2. The Labute approximate surface area is 120 Å². The van der Waals surface area contributed by atoms with Gasteiger partial charge in [-0.2, -0.15) is 9.46 Å². The minimum Gasteiger partial charge on any atom is -0.617 e. The Hall–Kier alpha value is -3.56. The highest BCUT2D eigenvalue weighted by Crippen LogP contribution is 2.30. The fourth-order valence-electron chi connectivity index (χ4n) is 2.24. The molecular weight excluding hydrogens is 296 g/mol. The van der Waals surface area contributed by atoms with Gasteiger partial charge in [0.05, 0.1) is 9.85 Å². The molecule has 0 radical (unpaired) electrons. The van der Waals surface area contributed by atoms with Gasteiger partial charge < -0.3 is 10.4 Å². The van der Waals surface area contributed by atoms with E-state index in [0.29, 0.717) is 9.46 Å². The van der Waals surface area contributed by atoms with Crippen molar-refractivity contribution in [2.75, 3.05) is 0 Å². The number of aromatic nitrogens is 2. The summed E-state index contributed by atoms with van der Waals surface area (Å²) in [5, 5.41) is 46.4. The van der Waals surface area contributed by atoms with Crippen LogP contribution in [0.25, 0.3) is 22.1 Å². The van der Waals surface area contributed by atoms with E-state index in [1.54, 1.807) is 0 Å². The van der Waals surface area contributed by atoms with E-state index in [2.05, 4.69) is 0 Å². The highest BCUT2D eigenvalue weighted by atomic mass is 16.6. The van der Waals surface area contributed by atoms with Gasteiger partial charge >= 0.3 is 11.4 Å². The number of hydrogen-bond acceptors (Lipinski definition) is 6. The molecular formula is C12H6N4O6. The van der Waals surface area contributed by atoms with Gasteiger partial charge in [-0.1, -0.05) is 12.1 Å². The maximum absolute atomic E-state index is 12.3. The Kier molecular flexibility index (Phi) is 2.73. The smallest absolute Gasteiger partial charge is 0.353 e. The summed E-state index contributed by atoms with van der Waals surface area (Å²) in [6, 6.07) is 7.29. The van der Waals surface area contributed by atoms with E-state index in [-0.39, 0.29) is 22.1 Å². The summed E-state index contributed by atoms with van der Waals surface area (Å²) >= 11 is 0. The number of nitrogens with zero attached hydrogens (tertiary/aromatic N) is 4. The Bertz CT molecular complexity index is 893. The molecule has 110 valence electrons. The van der Waals surface area contributed by atoms with Gasteiger partial charge in [-0.3, -0.25) is 20.2 Å². The fraction of sp³-hybridized carbons (Fsp3) is 0. The predicted octanol–water partition coefficient (Wildman–Crippen LogP) is 1.08. The Balaban J connectivity index is 2.56. The molecule has 0 unspecified atom stereocenters. The third-order valence-corrected chi connectivity index (χ3v) is 3.22. The van der Waals surface area contributed by atoms with Gasteiger partial charge in [0.25, 0.3) is 22.1 Å². The Morgan fingerprint density at radius 2 is 1.09 bits per heavy atom. The zero-order valence-electron chi connectivity index (χ0n) is 10.7. The van der Waals surface area contributed by atoms with Crippen LogP contribution in [0, 0.1) is 30.6 Å². The van der Waals surface area contributed by atoms with Gasteiger partial charge in [0.2, 0.25) is 0 Å². The number of benzene rings is 2. The summed E-state index contributed by atoms with van der Waals surface area (Å²) in [7, 11) is 0. The van der Waals surface area contributed by atoms with Crippen LogP contribution in [0.4, 0.5) is 11.4 Å². The minimum absolute atomic E-state index is 0.00755. The molecule has 0 spiro atoms. The summed E-state index contributed by atoms with van der Waals surface area (Å²) < 4.78 is 0.686. The van der Waals surface area contributed by atoms with Crippen molar-refractivity contribution in [2.45, 2.75) is 0 Å². The van der Waals surface area contributed by atoms with Crippen LogP contribution in [0.5, 0.6) is 0 Å². The van der Waals surface area contributed by atoms with Crippen molar-refractivity contribution in [3.63, 3.8) is 0 Å². The van der Waals surface area contributed by atoms with Crippen molar-refractivity contribution in [3.05, 3.63) is 67.0 Å². The van der Waals surface area contributed by atoms with Crippen LogP contribution in [-0.4, -0.2) is 9.85 Å². The zero-order chi connectivity index (χ0) is 16.0. The average Bonchev–Trinajstić information content (AvgIpc) is 2.51. The molecule has 0 aliphatic rings. The molecule has 0 atom stereocenters. The Morgan fingerprint density at radius 1 is 0.727 bits per heavy atom. The van der Waals surface area contributed by atoms with E-state index in [1.165, 1.54) is 24.3 Å². The van der Waals surface area contributed by atoms with Crippen LogP contribution in [0.15, 0.2) is 36.4 Å². The quantitative estimate of drug-likeness (QED) is 0.228. The standard InChI is InChI=1S/C12H6N4O6/c17-13-7-3-1-2-4-8(7)14(18)10-6-12(16(21)22)11(15(19)20)5-9(10)13/h1-6H. The first-order valence-electron chi connectivity index (χ1n) is 5.92. The van der Waals surface area contributed by atoms with Crippen molar-refractivity contribution in [1.82, 2.24) is 0 Å². The zero-order valence-corrected chi connectivity index (χ0v) is 10.7. The van der Waals surface area contributed by atoms with Gasteiger partial charge in [0.15, 0.2) is 0 Å². The maximum atomic E-state index is 12.3. The highest BCUT2D eigenvalue weighted by molar-refractivity contribution is 5.81. The van der Waals surface area contributed by atoms with Gasteiger partial charge in [-0.15, -0.1) is 0 Å². The molecule has 0 fully saturated rings. The molecule has 0 aliphatic heterocycles. The lowest BCUT2D eigenvalue weighted by Gasteiger charge is -2.07. The minimum atomic E-state index is -0.970. The molecule has 0 saturated carbocycles. The Morgan fingerprint density at radius 3 is 1.41 bits per heavy atom. The molecule has 3 aromatic rings. The van der Waals surface area contributed by atoms with E-state index in [0.717, 1.165) is 12.1 Å². The molecule has 0 N–H and O–H groups in total. The van der Waals surface area contributed by atoms with Crippen LogP contribution in [0.3, 0.4) is 0 Å². The van der Waals surface area contributed by atoms with Crippen LogP contribution in [0.2, 0.25) is 0 Å². The summed E-state index contributed by atoms with van der Waals surface area (Å²) in [6.45, 7) is 0. The monoisotopic (exact) mass is 302 g/mol. The molecule has 0 saturated heterocycles. The average molecular weight is 302 g/mol. The number of nitro benzene ring substituents is 2. The molecule has 0 amide bonds. The van der Waals surface area contributed by atoms with Crippen LogP contribution in [0.1, 0.15) is 0 Å². The second-order valence-corrected chi connectivity index (χ2v) is 4.42. The number of fused-ring (bicyclic) bond motifs is 2. The largest absolute Gasteiger partial charge is 0.617 e. The van der Waals surface area contributed by atoms with E-state index in [1.807, 2.05) is 0 Å². The first-order valence-corrected chi connectivity index (χ1v) is 5.92. The van der Waals surface area contributed by atoms with Gasteiger partial charge in [0.1, 0.15) is 12.1 Å². The van der Waals surface area contributed by atoms with Crippen molar-refractivity contribution in [1.29, 1.82) is 0 Å². The summed E-state index contributed by atoms with van der Waals surface area (Å²) in [5.41, 5.74) is -2.31. The van der Waals surface area contributed by atoms with Crippen LogP contribution >= 0.6 is 0 Å².